The molecule has 4 rings (SSSR count). The summed E-state index contributed by atoms with van der Waals surface area (Å²) in [5, 5.41) is 13.6. The van der Waals surface area contributed by atoms with E-state index in [1.54, 1.807) is 13.3 Å². The number of nitrogens with zero attached hydrogens (tertiary/aromatic N) is 3. The summed E-state index contributed by atoms with van der Waals surface area (Å²) >= 11 is 5.58. The van der Waals surface area contributed by atoms with E-state index in [4.69, 9.17) is 17.0 Å². The first-order chi connectivity index (χ1) is 13.7. The van der Waals surface area contributed by atoms with Gasteiger partial charge in [-0.15, -0.1) is 0 Å². The van der Waals surface area contributed by atoms with Gasteiger partial charge in [-0.1, -0.05) is 18.2 Å². The van der Waals surface area contributed by atoms with Gasteiger partial charge in [0, 0.05) is 24.6 Å². The van der Waals surface area contributed by atoms with Gasteiger partial charge in [0.25, 0.3) is 0 Å². The molecule has 1 aliphatic heterocycles. The summed E-state index contributed by atoms with van der Waals surface area (Å²) in [6, 6.07) is 17.6. The van der Waals surface area contributed by atoms with Crippen molar-refractivity contribution in [2.24, 2.45) is 0 Å². The first kappa shape index (κ1) is 18.5. The first-order valence-corrected chi connectivity index (χ1v) is 9.55. The van der Waals surface area contributed by atoms with E-state index in [-0.39, 0.29) is 18.7 Å². The second kappa shape index (κ2) is 8.00. The predicted molar refractivity (Wildman–Crippen MR) is 112 cm³/mol. The van der Waals surface area contributed by atoms with Crippen LogP contribution in [0.1, 0.15) is 23.5 Å². The molecule has 3 aromatic rings. The predicted octanol–water partition coefficient (Wildman–Crippen LogP) is 2.85. The lowest BCUT2D eigenvalue weighted by atomic mass is 10.0. The number of thiocarbonyl (C=S) groups is 1. The molecule has 0 amide bonds. The molecule has 7 heteroatoms. The molecule has 6 nitrogen and oxygen atoms in total. The molecule has 2 N–H and O–H groups in total. The lowest BCUT2D eigenvalue weighted by molar-refractivity contribution is 0.220. The molecule has 1 fully saturated rings. The molecule has 1 aliphatic rings. The molecular formula is C21H22N4O2S. The number of nitrogens with one attached hydrogen (secondary N) is 1. The molecule has 1 aromatic carbocycles. The minimum atomic E-state index is -0.122. The quantitative estimate of drug-likeness (QED) is 0.627. The van der Waals surface area contributed by atoms with Gasteiger partial charge in [-0.05, 0) is 48.6 Å². The molecule has 0 aliphatic carbocycles. The van der Waals surface area contributed by atoms with Gasteiger partial charge >= 0.3 is 0 Å². The van der Waals surface area contributed by atoms with Crippen LogP contribution in [0.3, 0.4) is 0 Å². The van der Waals surface area contributed by atoms with Crippen LogP contribution in [0.4, 0.5) is 0 Å². The standard InChI is InChI=1S/C21H22N4O2S/c1-27-18-10-3-2-8-16(18)24-12-6-9-17(24)20-19(15-7-4-5-11-22-15)23-21(28)25(20)13-14-26/h2-12,19-20,26H,13-14H2,1H3,(H,23,28)/t19-,20-/m1/s1. The number of para-hydroxylation sites is 2. The molecule has 2 aromatic heterocycles. The molecule has 0 saturated carbocycles. The highest BCUT2D eigenvalue weighted by atomic mass is 32.1. The Balaban J connectivity index is 1.83. The van der Waals surface area contributed by atoms with Crippen LogP contribution in [0.2, 0.25) is 0 Å². The van der Waals surface area contributed by atoms with Crippen molar-refractivity contribution in [3.63, 3.8) is 0 Å². The molecule has 28 heavy (non-hydrogen) atoms. The number of aromatic nitrogens is 2. The van der Waals surface area contributed by atoms with Crippen molar-refractivity contribution in [3.8, 4) is 11.4 Å². The van der Waals surface area contributed by atoms with Crippen molar-refractivity contribution >= 4 is 17.3 Å². The molecule has 144 valence electrons. The van der Waals surface area contributed by atoms with Crippen LogP contribution in [-0.4, -0.2) is 44.9 Å². The van der Waals surface area contributed by atoms with Crippen LogP contribution < -0.4 is 10.1 Å². The van der Waals surface area contributed by atoms with Crippen molar-refractivity contribution in [3.05, 3.63) is 78.4 Å². The summed E-state index contributed by atoms with van der Waals surface area (Å²) in [5.41, 5.74) is 2.90. The molecule has 0 unspecified atom stereocenters. The fourth-order valence-corrected chi connectivity index (χ4v) is 4.09. The lowest BCUT2D eigenvalue weighted by Gasteiger charge is -2.28. The zero-order chi connectivity index (χ0) is 19.5. The summed E-state index contributed by atoms with van der Waals surface area (Å²) in [7, 11) is 1.67. The number of aliphatic hydroxyl groups is 1. The highest BCUT2D eigenvalue weighted by Crippen LogP contribution is 2.40. The number of ether oxygens (including phenoxy) is 1. The first-order valence-electron chi connectivity index (χ1n) is 9.14. The maximum atomic E-state index is 9.61. The van der Waals surface area contributed by atoms with Crippen molar-refractivity contribution in [1.82, 2.24) is 19.8 Å². The van der Waals surface area contributed by atoms with Gasteiger partial charge in [0.05, 0.1) is 37.2 Å². The summed E-state index contributed by atoms with van der Waals surface area (Å²) in [4.78, 5) is 6.56. The molecule has 0 bridgehead atoms. The highest BCUT2D eigenvalue weighted by Gasteiger charge is 2.41. The Bertz CT molecular complexity index is 960. The number of benzene rings is 1. The van der Waals surface area contributed by atoms with Gasteiger partial charge < -0.3 is 24.6 Å². The third-order valence-corrected chi connectivity index (χ3v) is 5.32. The Morgan fingerprint density at radius 2 is 1.96 bits per heavy atom. The molecular weight excluding hydrogens is 372 g/mol. The van der Waals surface area contributed by atoms with E-state index in [2.05, 4.69) is 20.9 Å². The smallest absolute Gasteiger partial charge is 0.170 e. The third-order valence-electron chi connectivity index (χ3n) is 4.97. The van der Waals surface area contributed by atoms with Crippen LogP contribution in [-0.2, 0) is 0 Å². The number of methoxy groups -OCH3 is 1. The molecule has 3 heterocycles. The van der Waals surface area contributed by atoms with E-state index < -0.39 is 0 Å². The number of β-amino-alcohol motifs (C(OH)–C–C–N with tert-alkyl or cyclic N) is 1. The van der Waals surface area contributed by atoms with E-state index >= 15 is 0 Å². The molecule has 0 spiro atoms. The van der Waals surface area contributed by atoms with Crippen LogP contribution in [0, 0.1) is 0 Å². The summed E-state index contributed by atoms with van der Waals surface area (Å²) in [6.07, 6.45) is 3.80. The van der Waals surface area contributed by atoms with Crippen molar-refractivity contribution in [1.29, 1.82) is 0 Å². The van der Waals surface area contributed by atoms with Crippen LogP contribution in [0.5, 0.6) is 5.75 Å². The van der Waals surface area contributed by atoms with Crippen LogP contribution in [0.15, 0.2) is 67.0 Å². The largest absolute Gasteiger partial charge is 0.495 e. The Morgan fingerprint density at radius 3 is 2.71 bits per heavy atom. The summed E-state index contributed by atoms with van der Waals surface area (Å²) in [6.45, 7) is 0.458. The van der Waals surface area contributed by atoms with Gasteiger partial charge in [-0.25, -0.2) is 0 Å². The summed E-state index contributed by atoms with van der Waals surface area (Å²) in [5.74, 6) is 0.788. The number of hydrogen-bond donors (Lipinski definition) is 2. The Labute approximate surface area is 169 Å². The van der Waals surface area contributed by atoms with Crippen molar-refractivity contribution in [2.75, 3.05) is 20.3 Å². The number of rotatable bonds is 6. The van der Waals surface area contributed by atoms with E-state index in [1.165, 1.54) is 0 Å². The normalized spacial score (nSPS) is 18.9. The fourth-order valence-electron chi connectivity index (χ4n) is 3.76. The average Bonchev–Trinajstić information content (AvgIpc) is 3.33. The monoisotopic (exact) mass is 394 g/mol. The van der Waals surface area contributed by atoms with Crippen molar-refractivity contribution < 1.29 is 9.84 Å². The topological polar surface area (TPSA) is 62.5 Å². The maximum absolute atomic E-state index is 9.61. The zero-order valence-electron chi connectivity index (χ0n) is 15.5. The Kier molecular flexibility index (Phi) is 5.27. The third kappa shape index (κ3) is 3.23. The van der Waals surface area contributed by atoms with Gasteiger partial charge in [0.2, 0.25) is 0 Å². The summed E-state index contributed by atoms with van der Waals surface area (Å²) < 4.78 is 7.68. The van der Waals surface area contributed by atoms with E-state index in [0.29, 0.717) is 11.7 Å². The molecule has 1 saturated heterocycles. The number of hydrogen-bond acceptors (Lipinski definition) is 4. The van der Waals surface area contributed by atoms with Crippen molar-refractivity contribution in [2.45, 2.75) is 12.1 Å². The zero-order valence-corrected chi connectivity index (χ0v) is 16.3. The SMILES string of the molecule is COc1ccccc1-n1cccc1[C@@H]1[C@@H](c2ccccn2)NC(=S)N1CCO. The van der Waals surface area contributed by atoms with E-state index in [0.717, 1.165) is 22.8 Å². The number of aliphatic hydroxyl groups excluding tert-OH is 1. The Morgan fingerprint density at radius 1 is 1.14 bits per heavy atom. The molecule has 2 atom stereocenters. The van der Waals surface area contributed by atoms with Gasteiger partial charge in [-0.3, -0.25) is 4.98 Å². The van der Waals surface area contributed by atoms with Gasteiger partial charge in [-0.2, -0.15) is 0 Å². The Hall–Kier alpha value is -2.90. The van der Waals surface area contributed by atoms with Gasteiger partial charge in [0.15, 0.2) is 5.11 Å². The van der Waals surface area contributed by atoms with Gasteiger partial charge in [0.1, 0.15) is 5.75 Å². The van der Waals surface area contributed by atoms with E-state index in [9.17, 15) is 5.11 Å². The maximum Gasteiger partial charge on any atom is 0.170 e. The average molecular weight is 395 g/mol. The molecule has 0 radical (unpaired) electrons. The number of pyridine rings is 1. The second-order valence-electron chi connectivity index (χ2n) is 6.52. The van der Waals surface area contributed by atoms with Crippen LogP contribution >= 0.6 is 12.2 Å². The van der Waals surface area contributed by atoms with Crippen LogP contribution in [0.25, 0.3) is 5.69 Å². The minimum Gasteiger partial charge on any atom is -0.495 e. The second-order valence-corrected chi connectivity index (χ2v) is 6.91. The van der Waals surface area contributed by atoms with E-state index in [1.807, 2.05) is 59.6 Å². The minimum absolute atomic E-state index is 0.0165. The lowest BCUT2D eigenvalue weighted by Crippen LogP contribution is -2.32. The highest BCUT2D eigenvalue weighted by molar-refractivity contribution is 7.80. The fraction of sp³-hybridized carbons (Fsp3) is 0.238.